The largest absolute Gasteiger partial charge is 2.00 e. The second kappa shape index (κ2) is 16.8. The Labute approximate surface area is 298 Å². The molecule has 0 fully saturated rings. The molecule has 0 N–H and O–H groups in total. The first-order valence-electron chi connectivity index (χ1n) is 17.4. The second-order valence-corrected chi connectivity index (χ2v) is 13.1. The van der Waals surface area contributed by atoms with Crippen LogP contribution >= 0.6 is 12.6 Å². The normalized spacial score (nSPS) is 12.1. The molecule has 238 valence electrons. The number of rotatable bonds is 13. The molecule has 0 atom stereocenters. The van der Waals surface area contributed by atoms with Crippen molar-refractivity contribution in [1.29, 1.82) is 0 Å². The topological polar surface area (TPSA) is 54.0 Å². The average molecular weight is 692 g/mol. The molecule has 6 heteroatoms. The van der Waals surface area contributed by atoms with E-state index in [0.29, 0.717) is 0 Å². The predicted molar refractivity (Wildman–Crippen MR) is 199 cm³/mol. The molecule has 5 heterocycles. The van der Waals surface area contributed by atoms with Crippen LogP contribution in [0.1, 0.15) is 118 Å². The third-order valence-electron chi connectivity index (χ3n) is 9.17. The van der Waals surface area contributed by atoms with Gasteiger partial charge in [0, 0.05) is 4.90 Å². The quantitative estimate of drug-likeness (QED) is 0.0744. The Kier molecular flexibility index (Phi) is 12.5. The second-order valence-electron chi connectivity index (χ2n) is 12.6. The Bertz CT molecular complexity index is 1890. The van der Waals surface area contributed by atoms with E-state index in [9.17, 15) is 0 Å². The molecule has 47 heavy (non-hydrogen) atoms. The third kappa shape index (κ3) is 8.09. The Morgan fingerprint density at radius 1 is 0.489 bits per heavy atom. The molecule has 0 saturated carbocycles. The number of unbranched alkanes of at least 4 members (excludes halogenated alkanes) is 6. The van der Waals surface area contributed by atoms with Gasteiger partial charge in [-0.3, -0.25) is 0 Å². The molecular formula is C41H46N4SZn. The van der Waals surface area contributed by atoms with Crippen molar-refractivity contribution in [3.05, 3.63) is 88.0 Å². The van der Waals surface area contributed by atoms with Crippen molar-refractivity contribution in [3.63, 3.8) is 0 Å². The van der Waals surface area contributed by atoms with Crippen LogP contribution in [0.15, 0.2) is 53.4 Å². The molecule has 0 unspecified atom stereocenters. The van der Waals surface area contributed by atoms with Crippen LogP contribution in [-0.2, 0) is 38.7 Å². The van der Waals surface area contributed by atoms with Crippen LogP contribution in [0.3, 0.4) is 0 Å². The minimum absolute atomic E-state index is 0. The number of thiol groups is 1. The van der Waals surface area contributed by atoms with Gasteiger partial charge in [0.2, 0.25) is 0 Å². The molecule has 2 aliphatic rings. The maximum atomic E-state index is 5.32. The molecule has 0 saturated heterocycles. The average Bonchev–Trinajstić information content (AvgIpc) is 3.89. The predicted octanol–water partition coefficient (Wildman–Crippen LogP) is 11.1. The summed E-state index contributed by atoms with van der Waals surface area (Å²) in [5, 5.41) is 0. The number of benzene rings is 1. The fraction of sp³-hybridized carbons (Fsp3) is 0.366. The number of hydrogen-bond donors (Lipinski definition) is 1. The molecule has 3 aromatic heterocycles. The number of aromatic nitrogens is 4. The number of hydrogen-bond acceptors (Lipinski definition) is 3. The van der Waals surface area contributed by atoms with Crippen molar-refractivity contribution in [2.75, 3.05) is 0 Å². The van der Waals surface area contributed by atoms with Crippen LogP contribution in [0.25, 0.3) is 57.5 Å². The van der Waals surface area contributed by atoms with E-state index >= 15 is 0 Å². The van der Waals surface area contributed by atoms with Crippen LogP contribution in [0, 0.1) is 0 Å². The molecule has 0 amide bonds. The van der Waals surface area contributed by atoms with Gasteiger partial charge >= 0.3 is 19.5 Å². The van der Waals surface area contributed by atoms with Crippen molar-refractivity contribution >= 4 is 59.0 Å². The summed E-state index contributed by atoms with van der Waals surface area (Å²) in [6.07, 6.45) is 22.1. The zero-order valence-corrected chi connectivity index (χ0v) is 32.2. The summed E-state index contributed by atoms with van der Waals surface area (Å²) in [6.45, 7) is 6.77. The van der Waals surface area contributed by atoms with Gasteiger partial charge in [0.05, 0.1) is 22.8 Å². The fourth-order valence-electron chi connectivity index (χ4n) is 6.61. The van der Waals surface area contributed by atoms with Gasteiger partial charge in [-0.2, -0.15) is 0 Å². The zero-order valence-electron chi connectivity index (χ0n) is 28.4. The third-order valence-corrected chi connectivity index (χ3v) is 9.47. The standard InChI is InChI=1S/C41H46N4S.Zn/c1-4-7-10-13-30-33-20-22-35(42-33)31(14-11-8-5-2)37-24-26-39(44-37)41(28-16-18-29(46)19-17-28)40-27-25-38(45-40)32(15-12-9-6-3)36-23-21-34(30)43-36;/h16-27H,4-15H2,1-3H3,(H-2,42,43,44,45,46);/q-2;+2. The summed E-state index contributed by atoms with van der Waals surface area (Å²) >= 11 is 4.57. The van der Waals surface area contributed by atoms with Gasteiger partial charge in [0.1, 0.15) is 0 Å². The summed E-state index contributed by atoms with van der Waals surface area (Å²) < 4.78 is 0. The van der Waals surface area contributed by atoms with E-state index in [1.54, 1.807) is 0 Å². The minimum atomic E-state index is 0. The monoisotopic (exact) mass is 690 g/mol. The molecule has 0 aliphatic carbocycles. The van der Waals surface area contributed by atoms with Gasteiger partial charge in [-0.15, -0.1) is 34.7 Å². The Balaban J connectivity index is 0.00000433. The molecule has 6 rings (SSSR count). The molecule has 2 aliphatic heterocycles. The molecule has 4 nitrogen and oxygen atoms in total. The summed E-state index contributed by atoms with van der Waals surface area (Å²) in [7, 11) is 0. The van der Waals surface area contributed by atoms with E-state index in [1.807, 2.05) is 12.1 Å². The van der Waals surface area contributed by atoms with Crippen LogP contribution in [-0.4, -0.2) is 9.97 Å². The molecule has 0 spiro atoms. The van der Waals surface area contributed by atoms with Gasteiger partial charge < -0.3 is 9.97 Å². The van der Waals surface area contributed by atoms with E-state index in [1.165, 1.54) is 55.2 Å². The van der Waals surface area contributed by atoms with Crippen molar-refractivity contribution in [1.82, 2.24) is 19.9 Å². The first-order valence-corrected chi connectivity index (χ1v) is 17.9. The Morgan fingerprint density at radius 2 is 0.872 bits per heavy atom. The van der Waals surface area contributed by atoms with Gasteiger partial charge in [0.25, 0.3) is 0 Å². The number of nitrogens with zero attached hydrogens (tertiary/aromatic N) is 4. The number of aryl methyl sites for hydroxylation is 3. The molecule has 4 aromatic rings. The van der Waals surface area contributed by atoms with Crippen LogP contribution in [0.5, 0.6) is 0 Å². The van der Waals surface area contributed by atoms with E-state index in [-0.39, 0.29) is 19.5 Å². The number of fused-ring (bicyclic) bond motifs is 8. The fourth-order valence-corrected chi connectivity index (χ4v) is 6.76. The molecule has 8 bridgehead atoms. The Hall–Kier alpha value is -3.21. The molecule has 0 radical (unpaired) electrons. The van der Waals surface area contributed by atoms with Crippen molar-refractivity contribution in [3.8, 4) is 11.1 Å². The van der Waals surface area contributed by atoms with E-state index in [0.717, 1.165) is 99.4 Å². The first-order chi connectivity index (χ1) is 22.6. The van der Waals surface area contributed by atoms with Gasteiger partial charge in [-0.1, -0.05) is 95.7 Å². The summed E-state index contributed by atoms with van der Waals surface area (Å²) in [4.78, 5) is 22.2. The Morgan fingerprint density at radius 3 is 1.32 bits per heavy atom. The minimum Gasteiger partial charge on any atom is -0.657 e. The van der Waals surface area contributed by atoms with Crippen molar-refractivity contribution < 1.29 is 19.5 Å². The van der Waals surface area contributed by atoms with E-state index < -0.39 is 0 Å². The van der Waals surface area contributed by atoms with E-state index in [2.05, 4.69) is 94.1 Å². The first kappa shape index (κ1) is 35.1. The summed E-state index contributed by atoms with van der Waals surface area (Å²) in [5.74, 6) is 0. The van der Waals surface area contributed by atoms with Gasteiger partial charge in [-0.25, -0.2) is 9.97 Å². The van der Waals surface area contributed by atoms with Crippen molar-refractivity contribution in [2.45, 2.75) is 103 Å². The summed E-state index contributed by atoms with van der Waals surface area (Å²) in [5.41, 5.74) is 13.8. The molecular weight excluding hydrogens is 646 g/mol. The zero-order chi connectivity index (χ0) is 31.9. The van der Waals surface area contributed by atoms with Crippen LogP contribution < -0.4 is 9.97 Å². The van der Waals surface area contributed by atoms with Gasteiger partial charge in [0.15, 0.2) is 0 Å². The summed E-state index contributed by atoms with van der Waals surface area (Å²) in [6, 6.07) is 17.1. The maximum absolute atomic E-state index is 5.32. The maximum Gasteiger partial charge on any atom is 2.00 e. The smallest absolute Gasteiger partial charge is 0.657 e. The van der Waals surface area contributed by atoms with Crippen LogP contribution in [0.2, 0.25) is 0 Å². The van der Waals surface area contributed by atoms with Crippen LogP contribution in [0.4, 0.5) is 0 Å². The SMILES string of the molecule is CCCCCc1c2nc(c(CCCCC)c3ccc([n-]3)c(-c3ccc(S)cc3)c3nc(c(CCCCC)c4ccc1[n-]4)C=C3)C=C2.[Zn+2]. The van der Waals surface area contributed by atoms with Crippen molar-refractivity contribution in [2.24, 2.45) is 0 Å². The van der Waals surface area contributed by atoms with Gasteiger partial charge in [-0.05, 0) is 103 Å². The van der Waals surface area contributed by atoms with E-state index in [4.69, 9.17) is 19.9 Å². The molecule has 1 aromatic carbocycles.